The van der Waals surface area contributed by atoms with Crippen molar-refractivity contribution >= 4 is 37.8 Å². The van der Waals surface area contributed by atoms with E-state index in [0.29, 0.717) is 4.47 Å². The van der Waals surface area contributed by atoms with Gasteiger partial charge in [-0.25, -0.2) is 13.6 Å². The number of carboxylic acids is 1. The van der Waals surface area contributed by atoms with Gasteiger partial charge in [0.1, 0.15) is 6.04 Å². The molecule has 0 spiro atoms. The van der Waals surface area contributed by atoms with Crippen molar-refractivity contribution in [1.82, 2.24) is 5.32 Å². The molecular weight excluding hydrogens is 352 g/mol. The number of nitrogens with two attached hydrogens (primary N) is 1. The van der Waals surface area contributed by atoms with Crippen molar-refractivity contribution in [3.8, 4) is 0 Å². The topological polar surface area (TPSA) is 127 Å². The zero-order valence-electron chi connectivity index (χ0n) is 10.7. The van der Waals surface area contributed by atoms with Crippen LogP contribution >= 0.6 is 15.9 Å². The Labute approximate surface area is 124 Å². The fourth-order valence-electron chi connectivity index (χ4n) is 1.52. The molecule has 0 radical (unpaired) electrons. The molecule has 1 amide bonds. The first-order valence-corrected chi connectivity index (χ1v) is 7.74. The van der Waals surface area contributed by atoms with E-state index in [2.05, 4.69) is 21.2 Å². The van der Waals surface area contributed by atoms with E-state index in [9.17, 15) is 18.0 Å². The minimum Gasteiger partial charge on any atom is -0.480 e. The second-order valence-corrected chi connectivity index (χ2v) is 6.60. The Morgan fingerprint density at radius 3 is 2.40 bits per heavy atom. The van der Waals surface area contributed by atoms with E-state index in [1.165, 1.54) is 26.0 Å². The van der Waals surface area contributed by atoms with E-state index in [1.54, 1.807) is 0 Å². The van der Waals surface area contributed by atoms with Crippen LogP contribution in [0, 0.1) is 6.92 Å². The molecule has 1 rings (SSSR count). The molecule has 0 aliphatic heterocycles. The Morgan fingerprint density at radius 2 is 1.95 bits per heavy atom. The average molecular weight is 365 g/mol. The van der Waals surface area contributed by atoms with Gasteiger partial charge in [-0.1, -0.05) is 15.9 Å². The monoisotopic (exact) mass is 364 g/mol. The van der Waals surface area contributed by atoms with Crippen molar-refractivity contribution in [2.75, 3.05) is 0 Å². The quantitative estimate of drug-likeness (QED) is 0.721. The van der Waals surface area contributed by atoms with Crippen LogP contribution in [0.2, 0.25) is 0 Å². The number of aliphatic carboxylic acids is 1. The van der Waals surface area contributed by atoms with Crippen LogP contribution in [0.3, 0.4) is 0 Å². The molecule has 0 aliphatic carbocycles. The Balaban J connectivity index is 3.30. The van der Waals surface area contributed by atoms with Gasteiger partial charge in [0, 0.05) is 10.0 Å². The predicted molar refractivity (Wildman–Crippen MR) is 74.8 cm³/mol. The summed E-state index contributed by atoms with van der Waals surface area (Å²) in [5, 5.41) is 16.1. The number of primary sulfonamides is 1. The first-order valence-electron chi connectivity index (χ1n) is 5.40. The molecule has 110 valence electrons. The summed E-state index contributed by atoms with van der Waals surface area (Å²) in [6, 6.07) is 1.58. The van der Waals surface area contributed by atoms with Gasteiger partial charge in [0.25, 0.3) is 5.91 Å². The SMILES string of the molecule is Cc1c(C(=O)N[C@H](C)C(=O)O)cc(Br)cc1S(N)(=O)=O. The van der Waals surface area contributed by atoms with E-state index in [0.717, 1.165) is 0 Å². The third kappa shape index (κ3) is 3.78. The molecular formula is C11H13BrN2O5S. The van der Waals surface area contributed by atoms with E-state index in [-0.39, 0.29) is 16.0 Å². The van der Waals surface area contributed by atoms with Gasteiger partial charge in [0.2, 0.25) is 10.0 Å². The first kappa shape index (κ1) is 16.6. The second kappa shape index (κ2) is 5.90. The maximum atomic E-state index is 12.0. The lowest BCUT2D eigenvalue weighted by Crippen LogP contribution is -2.38. The van der Waals surface area contributed by atoms with Crippen molar-refractivity contribution < 1.29 is 23.1 Å². The van der Waals surface area contributed by atoms with Gasteiger partial charge in [-0.15, -0.1) is 0 Å². The van der Waals surface area contributed by atoms with Gasteiger partial charge in [-0.05, 0) is 31.5 Å². The molecule has 1 atom stereocenters. The highest BCUT2D eigenvalue weighted by Crippen LogP contribution is 2.24. The van der Waals surface area contributed by atoms with Crippen LogP contribution in [0.25, 0.3) is 0 Å². The summed E-state index contributed by atoms with van der Waals surface area (Å²) < 4.78 is 23.2. The largest absolute Gasteiger partial charge is 0.480 e. The number of carboxylic acid groups (broad SMARTS) is 1. The van der Waals surface area contributed by atoms with Gasteiger partial charge >= 0.3 is 5.97 Å². The van der Waals surface area contributed by atoms with E-state index in [4.69, 9.17) is 10.2 Å². The zero-order chi connectivity index (χ0) is 15.7. The van der Waals surface area contributed by atoms with Crippen LogP contribution in [0.1, 0.15) is 22.8 Å². The van der Waals surface area contributed by atoms with Gasteiger partial charge in [-0.3, -0.25) is 9.59 Å². The third-order valence-electron chi connectivity index (χ3n) is 2.59. The highest BCUT2D eigenvalue weighted by molar-refractivity contribution is 9.10. The molecule has 0 aromatic heterocycles. The Morgan fingerprint density at radius 1 is 1.40 bits per heavy atom. The average Bonchev–Trinajstić information content (AvgIpc) is 2.29. The van der Waals surface area contributed by atoms with Crippen LogP contribution in [0.5, 0.6) is 0 Å². The van der Waals surface area contributed by atoms with E-state index >= 15 is 0 Å². The van der Waals surface area contributed by atoms with Crippen molar-refractivity contribution in [3.05, 3.63) is 27.7 Å². The summed E-state index contributed by atoms with van der Waals surface area (Å²) in [6.45, 7) is 2.72. The van der Waals surface area contributed by atoms with Gasteiger partial charge in [0.05, 0.1) is 4.90 Å². The minimum atomic E-state index is -3.98. The lowest BCUT2D eigenvalue weighted by Gasteiger charge is -2.13. The predicted octanol–water partition coefficient (Wildman–Crippen LogP) is 0.608. The Bertz CT molecular complexity index is 672. The lowest BCUT2D eigenvalue weighted by atomic mass is 10.1. The van der Waals surface area contributed by atoms with Crippen LogP contribution in [0.4, 0.5) is 0 Å². The number of hydrogen-bond acceptors (Lipinski definition) is 4. The standard InChI is InChI=1S/C11H13BrN2O5S/c1-5-8(10(15)14-6(2)11(16)17)3-7(12)4-9(5)20(13,18)19/h3-4,6H,1-2H3,(H,14,15)(H,16,17)(H2,13,18,19)/t6-/m1/s1. The van der Waals surface area contributed by atoms with E-state index < -0.39 is 27.9 Å². The summed E-state index contributed by atoms with van der Waals surface area (Å²) in [6.07, 6.45) is 0. The number of rotatable bonds is 4. The molecule has 0 aliphatic rings. The molecule has 0 heterocycles. The minimum absolute atomic E-state index is 0.0384. The Hall–Kier alpha value is -1.45. The number of nitrogens with one attached hydrogen (secondary N) is 1. The molecule has 1 aromatic carbocycles. The van der Waals surface area contributed by atoms with Crippen molar-refractivity contribution in [2.45, 2.75) is 24.8 Å². The summed E-state index contributed by atoms with van der Waals surface area (Å²) >= 11 is 3.09. The highest BCUT2D eigenvalue weighted by atomic mass is 79.9. The van der Waals surface area contributed by atoms with Crippen LogP contribution in [0.15, 0.2) is 21.5 Å². The van der Waals surface area contributed by atoms with Gasteiger partial charge in [-0.2, -0.15) is 0 Å². The molecule has 1 aromatic rings. The number of benzene rings is 1. The Kier molecular flexibility index (Phi) is 4.90. The smallest absolute Gasteiger partial charge is 0.325 e. The summed E-state index contributed by atoms with van der Waals surface area (Å²) in [4.78, 5) is 22.5. The highest BCUT2D eigenvalue weighted by Gasteiger charge is 2.21. The second-order valence-electron chi connectivity index (χ2n) is 4.15. The number of amides is 1. The fraction of sp³-hybridized carbons (Fsp3) is 0.273. The van der Waals surface area contributed by atoms with Crippen LogP contribution in [-0.2, 0) is 14.8 Å². The van der Waals surface area contributed by atoms with Crippen LogP contribution < -0.4 is 10.5 Å². The number of carbonyl (C=O) groups is 2. The lowest BCUT2D eigenvalue weighted by molar-refractivity contribution is -0.138. The molecule has 20 heavy (non-hydrogen) atoms. The number of sulfonamides is 1. The molecule has 0 fully saturated rings. The molecule has 0 unspecified atom stereocenters. The first-order chi connectivity index (χ1) is 9.04. The van der Waals surface area contributed by atoms with Gasteiger partial charge in [0.15, 0.2) is 0 Å². The normalized spacial score (nSPS) is 12.8. The third-order valence-corrected chi connectivity index (χ3v) is 4.09. The number of carbonyl (C=O) groups excluding carboxylic acids is 1. The summed E-state index contributed by atoms with van der Waals surface area (Å²) in [5.74, 6) is -1.89. The van der Waals surface area contributed by atoms with Crippen molar-refractivity contribution in [2.24, 2.45) is 5.14 Å². The van der Waals surface area contributed by atoms with Crippen molar-refractivity contribution in [1.29, 1.82) is 0 Å². The van der Waals surface area contributed by atoms with Crippen LogP contribution in [-0.4, -0.2) is 31.4 Å². The molecule has 0 saturated heterocycles. The molecule has 4 N–H and O–H groups in total. The zero-order valence-corrected chi connectivity index (χ0v) is 13.1. The molecule has 7 nitrogen and oxygen atoms in total. The van der Waals surface area contributed by atoms with E-state index in [1.807, 2.05) is 0 Å². The number of hydrogen-bond donors (Lipinski definition) is 3. The maximum Gasteiger partial charge on any atom is 0.325 e. The molecule has 0 bridgehead atoms. The molecule has 0 saturated carbocycles. The fourth-order valence-corrected chi connectivity index (χ4v) is 2.96. The van der Waals surface area contributed by atoms with Crippen molar-refractivity contribution in [3.63, 3.8) is 0 Å². The summed E-state index contributed by atoms with van der Waals surface area (Å²) in [5.41, 5.74) is 0.197. The van der Waals surface area contributed by atoms with Gasteiger partial charge < -0.3 is 10.4 Å². The molecule has 9 heteroatoms. The number of halogens is 1. The maximum absolute atomic E-state index is 12.0. The summed E-state index contributed by atoms with van der Waals surface area (Å²) in [7, 11) is -3.98.